The number of aromatic hydroxyl groups is 4. The number of halogens is 2. The number of carboxylic acid groups (broad SMARTS) is 1. The molecule has 7 aliphatic heterocycles. The van der Waals surface area contributed by atoms with Gasteiger partial charge in [-0.3, -0.25) is 52.8 Å². The van der Waals surface area contributed by atoms with Crippen LogP contribution in [-0.4, -0.2) is 265 Å². The van der Waals surface area contributed by atoms with Gasteiger partial charge in [-0.05, 0) is 149 Å². The van der Waals surface area contributed by atoms with Crippen molar-refractivity contribution >= 4 is 93.8 Å². The lowest BCUT2D eigenvalue weighted by Gasteiger charge is -2.53. The Hall–Kier alpha value is -12.4. The topological polar surface area (TPSA) is 712 Å². The SMILES string of the molecule is CN(C)[C@@H]1C(=O)C(C(N)=O)=C(O)[C@@]2(O)C(=O)C3=C(O)c4c(O)cccc4[C@@](C)(O)[C@H]3C[C@@H]12.CN[C@H](CC(C)C)C(=O)N[C@H]1C(=O)N[C@@H](CC(N)=O)C(=O)N[C@H]2C(=O)N[C@H]3C(=O)N[C@H](C(=O)N[C@@H](C(=O)O)c4cc(O)cc(O)c4-c4cc3ccc4O)[C@H](O)c3ccc(c(Cl)c3)Oc3cc2cc(c3O[C@@H]2O[C@H](CO)[C@@H](O)[C@H](O)[C@H]2O[C@H]2C[C@](C)(N)C(O)[C@H](C)O2)Oc2ccc(cc2Cl)[C@H]1O. The molecule has 712 valence electrons. The van der Waals surface area contributed by atoms with Gasteiger partial charge in [0.2, 0.25) is 59.2 Å². The van der Waals surface area contributed by atoms with E-state index < -0.39 is 312 Å². The number of benzene rings is 6. The maximum atomic E-state index is 16.0. The normalized spacial score (nSPS) is 30.6. The van der Waals surface area contributed by atoms with Gasteiger partial charge in [0.25, 0.3) is 5.91 Å². The number of rotatable bonds is 15. The molecule has 43 nitrogen and oxygen atoms in total. The van der Waals surface area contributed by atoms with E-state index in [4.69, 9.17) is 68.8 Å². The number of phenols is 4. The Morgan fingerprint density at radius 2 is 1.29 bits per heavy atom. The molecule has 23 atom stereocenters. The number of amides is 8. The molecular formula is C88H99Cl2N11O32. The minimum atomic E-state index is -2.75. The second kappa shape index (κ2) is 37.9. The molecule has 6 aromatic rings. The minimum Gasteiger partial charge on any atom is -0.508 e. The summed E-state index contributed by atoms with van der Waals surface area (Å²) in [7, 11) is 4.48. The van der Waals surface area contributed by atoms with Crippen molar-refractivity contribution < 1.29 is 158 Å². The van der Waals surface area contributed by atoms with E-state index in [2.05, 4.69) is 37.2 Å². The number of fused-ring (bicyclic) bond motifs is 18. The van der Waals surface area contributed by atoms with E-state index in [0.717, 1.165) is 66.7 Å². The number of aliphatic hydroxyl groups is 10. The van der Waals surface area contributed by atoms with Gasteiger partial charge in [-0.25, -0.2) is 4.79 Å². The zero-order valence-electron chi connectivity index (χ0n) is 72.0. The first-order valence-electron chi connectivity index (χ1n) is 41.6. The average Bonchev–Trinajstić information content (AvgIpc) is 0.686. The number of Topliss-reactive ketones (excluding diaryl/α,β-unsaturated/α-hetero) is 2. The van der Waals surface area contributed by atoms with Crippen LogP contribution in [0.1, 0.15) is 130 Å². The molecule has 1 saturated carbocycles. The molecule has 10 aliphatic rings. The number of aliphatic hydroxyl groups excluding tert-OH is 8. The zero-order chi connectivity index (χ0) is 97.5. The Morgan fingerprint density at radius 1 is 0.684 bits per heavy atom. The maximum absolute atomic E-state index is 16.0. The summed E-state index contributed by atoms with van der Waals surface area (Å²) >= 11 is 14.1. The van der Waals surface area contributed by atoms with E-state index in [0.29, 0.717) is 0 Å². The smallest absolute Gasteiger partial charge is 0.330 e. The highest BCUT2D eigenvalue weighted by Gasteiger charge is 2.67. The van der Waals surface area contributed by atoms with Crippen LogP contribution < -0.4 is 68.6 Å². The zero-order valence-corrected chi connectivity index (χ0v) is 73.5. The number of hydrogen-bond donors (Lipinski definition) is 25. The molecule has 3 aliphatic carbocycles. The van der Waals surface area contributed by atoms with Crippen LogP contribution in [0.5, 0.6) is 51.7 Å². The molecule has 2 saturated heterocycles. The van der Waals surface area contributed by atoms with Crippen LogP contribution in [-0.2, 0) is 72.6 Å². The van der Waals surface area contributed by atoms with E-state index in [1.165, 1.54) is 77.1 Å². The van der Waals surface area contributed by atoms with Crippen molar-refractivity contribution in [2.45, 2.75) is 187 Å². The lowest BCUT2D eigenvalue weighted by atomic mass is 9.54. The largest absolute Gasteiger partial charge is 0.508 e. The molecule has 0 radical (unpaired) electrons. The first-order chi connectivity index (χ1) is 62.4. The predicted octanol–water partition coefficient (Wildman–Crippen LogP) is -0.265. The summed E-state index contributed by atoms with van der Waals surface area (Å²) in [5.74, 6) is -23.9. The highest BCUT2D eigenvalue weighted by atomic mass is 35.5. The van der Waals surface area contributed by atoms with Crippen molar-refractivity contribution in [1.82, 2.24) is 42.1 Å². The number of hydrogen-bond acceptors (Lipinski definition) is 34. The first kappa shape index (κ1) is 98.1. The summed E-state index contributed by atoms with van der Waals surface area (Å²) in [5, 5.41) is 185. The Kier molecular flexibility index (Phi) is 28.0. The van der Waals surface area contributed by atoms with Gasteiger partial charge in [0.15, 0.2) is 41.3 Å². The molecule has 11 bridgehead atoms. The van der Waals surface area contributed by atoms with E-state index in [9.17, 15) is 115 Å². The summed E-state index contributed by atoms with van der Waals surface area (Å²) in [4.78, 5) is 157. The van der Waals surface area contributed by atoms with Crippen molar-refractivity contribution in [3.8, 4) is 62.9 Å². The number of carboxylic acids is 1. The van der Waals surface area contributed by atoms with Crippen LogP contribution in [0.4, 0.5) is 0 Å². The lowest BCUT2D eigenvalue weighted by Crippen LogP contribution is -2.67. The van der Waals surface area contributed by atoms with Gasteiger partial charge >= 0.3 is 5.97 Å². The summed E-state index contributed by atoms with van der Waals surface area (Å²) in [6.07, 6.45) is -18.8. The molecule has 45 heteroatoms. The number of aliphatic carboxylic acids is 1. The van der Waals surface area contributed by atoms with Crippen LogP contribution in [0, 0.1) is 17.8 Å². The molecule has 28 N–H and O–H groups in total. The van der Waals surface area contributed by atoms with Crippen LogP contribution in [0.2, 0.25) is 10.0 Å². The number of likely N-dealkylation sites (N-methyl/N-ethyl adjacent to an activating group) is 2. The first-order valence-corrected chi connectivity index (χ1v) is 42.3. The van der Waals surface area contributed by atoms with Crippen molar-refractivity contribution in [1.29, 1.82) is 0 Å². The van der Waals surface area contributed by atoms with Gasteiger partial charge in [0, 0.05) is 52.1 Å². The Bertz CT molecular complexity index is 5790. The fourth-order valence-corrected chi connectivity index (χ4v) is 18.4. The molecule has 133 heavy (non-hydrogen) atoms. The highest BCUT2D eigenvalue weighted by Crippen LogP contribution is 2.58. The molecule has 8 amide bonds. The summed E-state index contributed by atoms with van der Waals surface area (Å²) in [5.41, 5.74) is 7.46. The molecule has 0 aromatic heterocycles. The molecule has 3 fully saturated rings. The fraction of sp³-hybridized carbons (Fsp3) is 0.420. The van der Waals surface area contributed by atoms with Gasteiger partial charge < -0.3 is 159 Å². The number of ketones is 2. The van der Waals surface area contributed by atoms with Gasteiger partial charge in [-0.2, -0.15) is 0 Å². The molecule has 0 spiro atoms. The Labute approximate surface area is 765 Å². The van der Waals surface area contributed by atoms with Crippen LogP contribution >= 0.6 is 23.2 Å². The third-order valence-corrected chi connectivity index (χ3v) is 25.4. The number of carbonyl (C=O) groups excluding carboxylic acids is 10. The maximum Gasteiger partial charge on any atom is 0.330 e. The number of carbonyl (C=O) groups is 11. The number of ether oxygens (including phenoxy) is 6. The average molecular weight is 1890 g/mol. The molecule has 1 unspecified atom stereocenters. The Morgan fingerprint density at radius 3 is 1.87 bits per heavy atom. The third-order valence-electron chi connectivity index (χ3n) is 24.8. The number of nitrogens with one attached hydrogen (secondary N) is 7. The lowest BCUT2D eigenvalue weighted by molar-refractivity contribution is -0.333. The highest BCUT2D eigenvalue weighted by molar-refractivity contribution is 6.32. The van der Waals surface area contributed by atoms with Crippen molar-refractivity contribution in [2.75, 3.05) is 27.7 Å². The third kappa shape index (κ3) is 18.7. The van der Waals surface area contributed by atoms with E-state index in [1.54, 1.807) is 0 Å². The van der Waals surface area contributed by atoms with E-state index in [1.807, 2.05) is 13.8 Å². The van der Waals surface area contributed by atoms with Gasteiger partial charge in [-0.15, -0.1) is 0 Å². The number of phenolic OH excluding ortho intramolecular Hbond substituents is 4. The quantitative estimate of drug-likeness (QED) is 0.0589. The van der Waals surface area contributed by atoms with Crippen molar-refractivity contribution in [3.63, 3.8) is 0 Å². The monoisotopic (exact) mass is 1890 g/mol. The molecule has 7 heterocycles. The second-order valence-electron chi connectivity index (χ2n) is 34.7. The number of nitrogens with zero attached hydrogens (tertiary/aromatic N) is 1. The van der Waals surface area contributed by atoms with Gasteiger partial charge in [-0.1, -0.05) is 67.4 Å². The van der Waals surface area contributed by atoms with Crippen LogP contribution in [0.3, 0.4) is 0 Å². The van der Waals surface area contributed by atoms with Crippen molar-refractivity contribution in [2.24, 2.45) is 35.0 Å². The second-order valence-corrected chi connectivity index (χ2v) is 35.5. The number of primary amides is 2. The standard InChI is InChI=1S/C66H75Cl2N9O24.C22H24N2O8/c1-23(2)12-34(71-5)58(88)76-49-51(83)26-7-10-38(32(67)14-26)97-40-16-28-17-41(55(40)101-65-56(54(86)53(85)42(22-78)99-65)100-44-21-66(4,70)57(87)24(3)96-44)98-39-11-8-27(15-33(39)68)52(84)50-63(93)75-48(64(94)95)31-18-29(79)19-37(81)45(31)30-13-25(6-9-36(30)80)46(60(90)77-50)74-61(91)47(28)73-59(89)35(20-43(69)82)72-62(49)92;1-21(31)8-5-4-6-11(25)12(8)16(26)13-9(21)7-10-15(24(2)3)17(27)14(20(23)30)19(29)22(10,32)18(13)28/h6-11,13-19,23-24,34-35,42,44,46-54,56-57,65,71,78-81,83-87H,12,20-22,70H2,1-5H3,(H2,69,82)(H,72,92)(H,73,89)(H,74,91)(H,75,93)(H,76,88)(H,77,90)(H,94,95);4-6,9-10,15,25-26,29,31-32H,7H2,1-3H3,(H2,23,30)/t24-,34+,35-,42+,44-,46+,47+,48+,49+,50-,51+,52+,53+,54-,56+,57?,65-,66-;9-,10-,15-,21+,22-/m00/s1. The van der Waals surface area contributed by atoms with E-state index >= 15 is 14.4 Å². The molecule has 16 rings (SSSR count). The fourth-order valence-electron chi connectivity index (χ4n) is 18.0. The van der Waals surface area contributed by atoms with E-state index in [-0.39, 0.29) is 63.8 Å². The Balaban J connectivity index is 0.000000392. The number of nitrogens with two attached hydrogens (primary N) is 3. The van der Waals surface area contributed by atoms with Crippen LogP contribution in [0.25, 0.3) is 16.9 Å². The van der Waals surface area contributed by atoms with Crippen LogP contribution in [0.15, 0.2) is 114 Å². The van der Waals surface area contributed by atoms with Gasteiger partial charge in [0.05, 0.1) is 58.5 Å². The summed E-state index contributed by atoms with van der Waals surface area (Å²) in [6.45, 7) is 7.06. The summed E-state index contributed by atoms with van der Waals surface area (Å²) in [6, 6.07) is 2.34. The predicted molar refractivity (Wildman–Crippen MR) is 459 cm³/mol. The van der Waals surface area contributed by atoms with Crippen molar-refractivity contribution in [3.05, 3.63) is 163 Å². The van der Waals surface area contributed by atoms with Gasteiger partial charge in [0.1, 0.15) is 112 Å². The molecule has 6 aromatic carbocycles. The minimum absolute atomic E-state index is 0.0975. The summed E-state index contributed by atoms with van der Waals surface area (Å²) < 4.78 is 38.3. The molecular weight excluding hydrogens is 1790 g/mol.